The topological polar surface area (TPSA) is 47.4 Å². The van der Waals surface area contributed by atoms with Gasteiger partial charge in [0.05, 0.1) is 19.2 Å². The number of hydrogen-bond acceptors (Lipinski definition) is 4. The van der Waals surface area contributed by atoms with Gasteiger partial charge in [-0.05, 0) is 6.07 Å². The number of aromatic nitrogens is 2. The van der Waals surface area contributed by atoms with Gasteiger partial charge in [-0.2, -0.15) is 0 Å². The van der Waals surface area contributed by atoms with Crippen molar-refractivity contribution in [2.75, 3.05) is 18.2 Å². The lowest BCUT2D eigenvalue weighted by atomic mass is 10.3. The zero-order chi connectivity index (χ0) is 8.84. The molecule has 0 aromatic carbocycles. The Morgan fingerprint density at radius 2 is 2.54 bits per heavy atom. The van der Waals surface area contributed by atoms with Gasteiger partial charge in [0.2, 0.25) is 0 Å². The van der Waals surface area contributed by atoms with Crippen LogP contribution in [0.15, 0.2) is 17.1 Å². The molecule has 0 saturated carbocycles. The first kappa shape index (κ1) is 7.08. The minimum Gasteiger partial charge on any atom is -0.359 e. The van der Waals surface area contributed by atoms with Crippen molar-refractivity contribution < 1.29 is 4.74 Å². The summed E-state index contributed by atoms with van der Waals surface area (Å²) in [6.45, 7) is 2.01. The molecule has 0 spiro atoms. The highest BCUT2D eigenvalue weighted by molar-refractivity contribution is 5.43. The smallest absolute Gasteiger partial charge is 0.349 e. The Morgan fingerprint density at radius 1 is 1.62 bits per heavy atom. The summed E-state index contributed by atoms with van der Waals surface area (Å²) in [6, 6.07) is 2.19. The molecule has 68 valence electrons. The molecule has 2 aliphatic rings. The van der Waals surface area contributed by atoms with Crippen LogP contribution in [0.3, 0.4) is 0 Å². The summed E-state index contributed by atoms with van der Waals surface area (Å²) in [5.74, 6) is 0.933. The fourth-order valence-corrected chi connectivity index (χ4v) is 1.95. The van der Waals surface area contributed by atoms with Gasteiger partial charge < -0.3 is 9.64 Å². The van der Waals surface area contributed by atoms with E-state index in [1.54, 1.807) is 10.8 Å². The number of fused-ring (bicyclic) bond motifs is 3. The average Bonchev–Trinajstić information content (AvgIpc) is 2.65. The second-order valence-corrected chi connectivity index (χ2v) is 3.32. The Bertz CT molecular complexity index is 401. The van der Waals surface area contributed by atoms with Gasteiger partial charge in [0, 0.05) is 6.20 Å². The maximum Gasteiger partial charge on any atom is 0.349 e. The van der Waals surface area contributed by atoms with E-state index in [1.165, 1.54) is 0 Å². The molecule has 1 atom stereocenters. The quantitative estimate of drug-likeness (QED) is 0.534. The van der Waals surface area contributed by atoms with E-state index in [2.05, 4.69) is 9.88 Å². The lowest BCUT2D eigenvalue weighted by molar-refractivity contribution is 0.189. The minimum absolute atomic E-state index is 0.160. The molecule has 0 amide bonds. The summed E-state index contributed by atoms with van der Waals surface area (Å²) in [4.78, 5) is 17.1. The number of rotatable bonds is 0. The molecule has 0 aliphatic carbocycles. The zero-order valence-electron chi connectivity index (χ0n) is 7.01. The lowest BCUT2D eigenvalue weighted by Crippen LogP contribution is -2.26. The van der Waals surface area contributed by atoms with Crippen molar-refractivity contribution in [2.45, 2.75) is 12.6 Å². The van der Waals surface area contributed by atoms with Gasteiger partial charge in [-0.1, -0.05) is 0 Å². The van der Waals surface area contributed by atoms with Crippen molar-refractivity contribution in [1.29, 1.82) is 0 Å². The van der Waals surface area contributed by atoms with E-state index in [0.717, 1.165) is 5.82 Å². The summed E-state index contributed by atoms with van der Waals surface area (Å²) in [6.07, 6.45) is 1.55. The molecule has 0 N–H and O–H groups in total. The highest BCUT2D eigenvalue weighted by Crippen LogP contribution is 2.26. The Labute approximate surface area is 74.6 Å². The molecular formula is C8H9N3O2. The Hall–Kier alpha value is -1.36. The van der Waals surface area contributed by atoms with Crippen molar-refractivity contribution >= 4 is 5.82 Å². The van der Waals surface area contributed by atoms with Crippen molar-refractivity contribution in [3.8, 4) is 0 Å². The van der Waals surface area contributed by atoms with Gasteiger partial charge in [0.25, 0.3) is 0 Å². The van der Waals surface area contributed by atoms with Crippen molar-refractivity contribution in [1.82, 2.24) is 9.55 Å². The Kier molecular flexibility index (Phi) is 1.26. The van der Waals surface area contributed by atoms with E-state index >= 15 is 0 Å². The van der Waals surface area contributed by atoms with Crippen molar-refractivity contribution in [3.63, 3.8) is 0 Å². The van der Waals surface area contributed by atoms with Crippen LogP contribution in [0.2, 0.25) is 0 Å². The van der Waals surface area contributed by atoms with Gasteiger partial charge in [-0.25, -0.2) is 9.78 Å². The van der Waals surface area contributed by atoms with Crippen LogP contribution in [0.25, 0.3) is 0 Å². The maximum absolute atomic E-state index is 11.3. The Morgan fingerprint density at radius 3 is 3.46 bits per heavy atom. The van der Waals surface area contributed by atoms with Crippen LogP contribution in [-0.4, -0.2) is 28.9 Å². The minimum atomic E-state index is -0.160. The third-order valence-electron chi connectivity index (χ3n) is 2.59. The van der Waals surface area contributed by atoms with Crippen LogP contribution in [0.5, 0.6) is 0 Å². The van der Waals surface area contributed by atoms with Crippen LogP contribution in [0.1, 0.15) is 0 Å². The summed E-state index contributed by atoms with van der Waals surface area (Å²) in [7, 11) is 0. The molecular weight excluding hydrogens is 170 g/mol. The summed E-state index contributed by atoms with van der Waals surface area (Å²) in [5, 5.41) is 0. The molecule has 1 saturated heterocycles. The second-order valence-electron chi connectivity index (χ2n) is 3.32. The van der Waals surface area contributed by atoms with Crippen molar-refractivity contribution in [3.05, 3.63) is 22.7 Å². The predicted octanol–water partition coefficient (Wildman–Crippen LogP) is -0.580. The highest BCUT2D eigenvalue weighted by Gasteiger charge is 2.34. The third-order valence-corrected chi connectivity index (χ3v) is 2.59. The molecule has 0 radical (unpaired) electrons. The number of hydrogen-bond donors (Lipinski definition) is 0. The molecule has 5 heteroatoms. The van der Waals surface area contributed by atoms with Gasteiger partial charge in [0.1, 0.15) is 12.5 Å². The second kappa shape index (κ2) is 2.32. The molecule has 13 heavy (non-hydrogen) atoms. The highest BCUT2D eigenvalue weighted by atomic mass is 16.5. The Balaban J connectivity index is 2.17. The molecule has 5 nitrogen and oxygen atoms in total. The third kappa shape index (κ3) is 0.846. The van der Waals surface area contributed by atoms with Gasteiger partial charge >= 0.3 is 5.69 Å². The fraction of sp³-hybridized carbons (Fsp3) is 0.500. The van der Waals surface area contributed by atoms with Crippen LogP contribution in [0, 0.1) is 0 Å². The predicted molar refractivity (Wildman–Crippen MR) is 45.6 cm³/mol. The van der Waals surface area contributed by atoms with Gasteiger partial charge in [-0.15, -0.1) is 0 Å². The van der Waals surface area contributed by atoms with E-state index < -0.39 is 0 Å². The zero-order valence-corrected chi connectivity index (χ0v) is 7.01. The first-order chi connectivity index (χ1) is 6.36. The van der Waals surface area contributed by atoms with Gasteiger partial charge in [-0.3, -0.25) is 4.57 Å². The fourth-order valence-electron chi connectivity index (χ4n) is 1.95. The van der Waals surface area contributed by atoms with Crippen LogP contribution in [-0.2, 0) is 11.3 Å². The van der Waals surface area contributed by atoms with Crippen molar-refractivity contribution in [2.24, 2.45) is 0 Å². The summed E-state index contributed by atoms with van der Waals surface area (Å²) in [5.41, 5.74) is -0.160. The standard InChI is InChI=1S/C8H9N3O2/c12-8-9-2-1-7-10(8)3-6-4-13-5-11(6)7/h1-2,6H,3-5H2. The largest absolute Gasteiger partial charge is 0.359 e. The maximum atomic E-state index is 11.3. The van der Waals surface area contributed by atoms with E-state index in [1.807, 2.05) is 6.07 Å². The van der Waals surface area contributed by atoms with E-state index in [9.17, 15) is 4.79 Å². The molecule has 0 bridgehead atoms. The number of anilines is 1. The van der Waals surface area contributed by atoms with E-state index in [-0.39, 0.29) is 5.69 Å². The SMILES string of the molecule is O=c1nccc2n1CC1COCN21. The first-order valence-corrected chi connectivity index (χ1v) is 4.26. The average molecular weight is 179 g/mol. The molecule has 1 unspecified atom stereocenters. The number of nitrogens with zero attached hydrogens (tertiary/aromatic N) is 3. The monoisotopic (exact) mass is 179 g/mol. The van der Waals surface area contributed by atoms with Crippen LogP contribution >= 0.6 is 0 Å². The normalized spacial score (nSPS) is 24.6. The molecule has 3 rings (SSSR count). The summed E-state index contributed by atoms with van der Waals surface area (Å²) >= 11 is 0. The molecule has 1 aromatic rings. The summed E-state index contributed by atoms with van der Waals surface area (Å²) < 4.78 is 7.00. The molecule has 2 aliphatic heterocycles. The van der Waals surface area contributed by atoms with E-state index in [0.29, 0.717) is 25.9 Å². The van der Waals surface area contributed by atoms with Crippen LogP contribution < -0.4 is 10.6 Å². The van der Waals surface area contributed by atoms with Crippen LogP contribution in [0.4, 0.5) is 5.82 Å². The first-order valence-electron chi connectivity index (χ1n) is 4.26. The molecule has 1 aromatic heterocycles. The van der Waals surface area contributed by atoms with E-state index in [4.69, 9.17) is 4.74 Å². The lowest BCUT2D eigenvalue weighted by Gasteiger charge is -2.13. The molecule has 3 heterocycles. The molecule has 1 fully saturated rings. The number of ether oxygens (including phenoxy) is 1. The van der Waals surface area contributed by atoms with Gasteiger partial charge in [0.15, 0.2) is 0 Å².